The smallest absolute Gasteiger partial charge is 0.139 e. The highest BCUT2D eigenvalue weighted by atomic mass is 32.1. The Kier molecular flexibility index (Phi) is 5.12. The van der Waals surface area contributed by atoms with Gasteiger partial charge in [-0.15, -0.1) is 11.3 Å². The second-order valence-corrected chi connectivity index (χ2v) is 14.3. The molecule has 8 aromatic carbocycles. The van der Waals surface area contributed by atoms with E-state index in [0.717, 1.165) is 60.4 Å². The summed E-state index contributed by atoms with van der Waals surface area (Å²) in [6.45, 7) is 0. The molecule has 50 heavy (non-hydrogen) atoms. The van der Waals surface area contributed by atoms with Crippen LogP contribution in [0.5, 0.6) is 0 Å². The van der Waals surface area contributed by atoms with Crippen molar-refractivity contribution in [2.45, 2.75) is 0 Å². The molecule has 0 amide bonds. The van der Waals surface area contributed by atoms with Crippen LogP contribution in [0.2, 0.25) is 0 Å². The summed E-state index contributed by atoms with van der Waals surface area (Å²) < 4.78 is 21.0. The highest BCUT2D eigenvalue weighted by molar-refractivity contribution is 7.25. The number of hydrogen-bond donors (Lipinski definition) is 0. The maximum Gasteiger partial charge on any atom is 0.139 e. The summed E-state index contributed by atoms with van der Waals surface area (Å²) in [6.07, 6.45) is 1.77. The maximum atomic E-state index is 6.56. The van der Waals surface area contributed by atoms with Gasteiger partial charge in [0.2, 0.25) is 0 Å². The number of rotatable bonds is 2. The van der Waals surface area contributed by atoms with E-state index in [1.807, 2.05) is 29.5 Å². The first-order valence-electron chi connectivity index (χ1n) is 16.8. The molecule has 12 rings (SSSR count). The molecule has 0 atom stereocenters. The fraction of sp³-hybridized carbons (Fsp3) is 0. The van der Waals surface area contributed by atoms with Crippen molar-refractivity contribution >= 4 is 108 Å². The molecular formula is C46H24O3S. The Bertz CT molecular complexity index is 3330. The summed E-state index contributed by atoms with van der Waals surface area (Å²) in [5.41, 5.74) is 9.20. The van der Waals surface area contributed by atoms with Crippen LogP contribution in [0.3, 0.4) is 0 Å². The van der Waals surface area contributed by atoms with Crippen molar-refractivity contribution in [1.29, 1.82) is 0 Å². The zero-order valence-corrected chi connectivity index (χ0v) is 27.3. The average Bonchev–Trinajstić information content (AvgIpc) is 3.93. The summed E-state index contributed by atoms with van der Waals surface area (Å²) in [5.74, 6) is 0. The van der Waals surface area contributed by atoms with Gasteiger partial charge in [-0.3, -0.25) is 0 Å². The van der Waals surface area contributed by atoms with Gasteiger partial charge >= 0.3 is 0 Å². The summed E-state index contributed by atoms with van der Waals surface area (Å²) in [6, 6.07) is 50.2. The Morgan fingerprint density at radius 1 is 0.380 bits per heavy atom. The predicted molar refractivity (Wildman–Crippen MR) is 210 cm³/mol. The van der Waals surface area contributed by atoms with E-state index in [0.29, 0.717) is 0 Å². The molecule has 4 aromatic heterocycles. The lowest BCUT2D eigenvalue weighted by Gasteiger charge is -2.18. The van der Waals surface area contributed by atoms with Gasteiger partial charge in [0.05, 0.1) is 6.26 Å². The summed E-state index contributed by atoms with van der Waals surface area (Å²) in [7, 11) is 0. The number of para-hydroxylation sites is 1. The highest BCUT2D eigenvalue weighted by Crippen LogP contribution is 2.48. The monoisotopic (exact) mass is 656 g/mol. The Morgan fingerprint density at radius 3 is 1.88 bits per heavy atom. The average molecular weight is 657 g/mol. The first-order valence-corrected chi connectivity index (χ1v) is 17.6. The molecule has 232 valence electrons. The van der Waals surface area contributed by atoms with E-state index in [9.17, 15) is 0 Å². The number of hydrogen-bond acceptors (Lipinski definition) is 4. The van der Waals surface area contributed by atoms with Crippen LogP contribution in [0.25, 0.3) is 119 Å². The first kappa shape index (κ1) is 26.6. The molecule has 0 bridgehead atoms. The minimum atomic E-state index is 0.827. The van der Waals surface area contributed by atoms with Crippen LogP contribution in [0.4, 0.5) is 0 Å². The third-order valence-corrected chi connectivity index (χ3v) is 11.6. The van der Waals surface area contributed by atoms with E-state index in [4.69, 9.17) is 13.3 Å². The summed E-state index contributed by atoms with van der Waals surface area (Å²) >= 11 is 1.83. The van der Waals surface area contributed by atoms with E-state index < -0.39 is 0 Å². The molecule has 0 aliphatic heterocycles. The molecule has 0 aliphatic rings. The number of thiophene rings is 1. The fourth-order valence-corrected chi connectivity index (χ4v) is 9.53. The van der Waals surface area contributed by atoms with E-state index in [2.05, 4.69) is 121 Å². The Balaban J connectivity index is 1.16. The normalized spacial score (nSPS) is 12.4. The lowest BCUT2D eigenvalue weighted by molar-refractivity contribution is 0.616. The molecule has 0 radical (unpaired) electrons. The molecule has 12 aromatic rings. The Hall–Kier alpha value is -6.36. The zero-order valence-electron chi connectivity index (χ0n) is 26.5. The molecule has 0 unspecified atom stereocenters. The van der Waals surface area contributed by atoms with Crippen molar-refractivity contribution in [3.63, 3.8) is 0 Å². The van der Waals surface area contributed by atoms with Crippen molar-refractivity contribution in [2.24, 2.45) is 0 Å². The van der Waals surface area contributed by atoms with Crippen molar-refractivity contribution in [3.05, 3.63) is 146 Å². The molecule has 0 N–H and O–H groups in total. The maximum absolute atomic E-state index is 6.56. The standard InChI is InChI=1S/C46H24O3S/c1-3-11-31-29(9-1)44(26-16-17-28-35-20-25-18-19-47-39(25)24-43(35)50-42(28)21-26)30-10-2-4-12-32(30)45(31)33-13-7-15-38-46(33)36-22-34-27-8-5-6-14-37(27)48-40(34)23-41(36)49-38/h1-24H. The predicted octanol–water partition coefficient (Wildman–Crippen LogP) is 14.2. The SMILES string of the molecule is c1ccc2c(c1)oc1cc3oc4cccc(-c5c6ccccc6c(-c6ccc7c(c6)sc6cc8occc8cc67)c6ccccc56)c4c3cc12. The van der Waals surface area contributed by atoms with Crippen molar-refractivity contribution < 1.29 is 13.3 Å². The molecule has 4 heterocycles. The number of fused-ring (bicyclic) bond motifs is 12. The third-order valence-electron chi connectivity index (χ3n) is 10.5. The summed E-state index contributed by atoms with van der Waals surface area (Å²) in [4.78, 5) is 0. The van der Waals surface area contributed by atoms with Gasteiger partial charge in [-0.2, -0.15) is 0 Å². The first-order chi connectivity index (χ1) is 24.8. The zero-order chi connectivity index (χ0) is 32.5. The topological polar surface area (TPSA) is 39.4 Å². The van der Waals surface area contributed by atoms with Gasteiger partial charge in [0, 0.05) is 53.2 Å². The van der Waals surface area contributed by atoms with Crippen LogP contribution in [-0.2, 0) is 0 Å². The van der Waals surface area contributed by atoms with Gasteiger partial charge in [-0.05, 0) is 86.3 Å². The second kappa shape index (κ2) is 9.63. The second-order valence-electron chi connectivity index (χ2n) is 13.2. The molecule has 3 nitrogen and oxygen atoms in total. The van der Waals surface area contributed by atoms with Gasteiger partial charge in [0.1, 0.15) is 27.9 Å². The van der Waals surface area contributed by atoms with Crippen LogP contribution in [0, 0.1) is 0 Å². The fourth-order valence-electron chi connectivity index (χ4n) is 8.37. The van der Waals surface area contributed by atoms with E-state index in [1.54, 1.807) is 6.26 Å². The summed E-state index contributed by atoms with van der Waals surface area (Å²) in [5, 5.41) is 13.0. The van der Waals surface area contributed by atoms with Gasteiger partial charge in [-0.25, -0.2) is 0 Å². The molecule has 0 fully saturated rings. The lowest BCUT2D eigenvalue weighted by atomic mass is 9.85. The van der Waals surface area contributed by atoms with Crippen molar-refractivity contribution in [2.75, 3.05) is 0 Å². The molecule has 0 aliphatic carbocycles. The van der Waals surface area contributed by atoms with Crippen LogP contribution in [0.1, 0.15) is 0 Å². The van der Waals surface area contributed by atoms with Crippen LogP contribution < -0.4 is 0 Å². The van der Waals surface area contributed by atoms with Gasteiger partial charge in [0.15, 0.2) is 0 Å². The Morgan fingerprint density at radius 2 is 1.06 bits per heavy atom. The van der Waals surface area contributed by atoms with E-state index in [-0.39, 0.29) is 0 Å². The van der Waals surface area contributed by atoms with Gasteiger partial charge in [0.25, 0.3) is 0 Å². The van der Waals surface area contributed by atoms with Crippen LogP contribution in [-0.4, -0.2) is 0 Å². The van der Waals surface area contributed by atoms with E-state index in [1.165, 1.54) is 58.4 Å². The van der Waals surface area contributed by atoms with Crippen molar-refractivity contribution in [1.82, 2.24) is 0 Å². The molecular weight excluding hydrogens is 633 g/mol. The lowest BCUT2D eigenvalue weighted by Crippen LogP contribution is -1.91. The number of furan rings is 3. The molecule has 0 saturated heterocycles. The van der Waals surface area contributed by atoms with Crippen molar-refractivity contribution in [3.8, 4) is 22.3 Å². The molecule has 0 spiro atoms. The molecule has 0 saturated carbocycles. The van der Waals surface area contributed by atoms with Gasteiger partial charge in [-0.1, -0.05) is 91.0 Å². The van der Waals surface area contributed by atoms with Gasteiger partial charge < -0.3 is 13.3 Å². The minimum Gasteiger partial charge on any atom is -0.464 e. The van der Waals surface area contributed by atoms with Crippen LogP contribution >= 0.6 is 11.3 Å². The van der Waals surface area contributed by atoms with E-state index >= 15 is 0 Å². The molecule has 4 heteroatoms. The van der Waals surface area contributed by atoms with Crippen LogP contribution in [0.15, 0.2) is 159 Å². The highest BCUT2D eigenvalue weighted by Gasteiger charge is 2.22. The minimum absolute atomic E-state index is 0.827. The quantitative estimate of drug-likeness (QED) is 0.174. The third kappa shape index (κ3) is 3.53. The number of benzene rings is 8. The largest absolute Gasteiger partial charge is 0.464 e. The Labute approximate surface area is 288 Å².